The highest BCUT2D eigenvalue weighted by Crippen LogP contribution is 2.36. The molecule has 2 aromatic rings. The molecule has 21 heavy (non-hydrogen) atoms. The topological polar surface area (TPSA) is 47.3 Å². The Labute approximate surface area is 137 Å². The predicted molar refractivity (Wildman–Crippen MR) is 90.5 cm³/mol. The largest absolute Gasteiger partial charge is 0.487 e. The van der Waals surface area contributed by atoms with E-state index >= 15 is 0 Å². The van der Waals surface area contributed by atoms with Crippen molar-refractivity contribution < 1.29 is 4.74 Å². The Kier molecular flexibility index (Phi) is 4.85. The lowest BCUT2D eigenvalue weighted by atomic mass is 10.0. The SMILES string of the molecule is NNC(Cc1cccc(Br)c1)C1CSc2ccccc2O1. The van der Waals surface area contributed by atoms with Gasteiger partial charge in [0.2, 0.25) is 0 Å². The van der Waals surface area contributed by atoms with Gasteiger partial charge in [-0.15, -0.1) is 11.8 Å². The van der Waals surface area contributed by atoms with Gasteiger partial charge >= 0.3 is 0 Å². The number of rotatable bonds is 4. The van der Waals surface area contributed by atoms with Crippen LogP contribution in [-0.2, 0) is 6.42 Å². The van der Waals surface area contributed by atoms with Gasteiger partial charge in [-0.2, -0.15) is 0 Å². The molecule has 1 aliphatic heterocycles. The van der Waals surface area contributed by atoms with Gasteiger partial charge in [0.25, 0.3) is 0 Å². The average molecular weight is 365 g/mol. The van der Waals surface area contributed by atoms with Crippen LogP contribution in [0.4, 0.5) is 0 Å². The molecule has 1 heterocycles. The van der Waals surface area contributed by atoms with Gasteiger partial charge in [-0.1, -0.05) is 40.2 Å². The molecule has 3 nitrogen and oxygen atoms in total. The normalized spacial score (nSPS) is 18.7. The van der Waals surface area contributed by atoms with Gasteiger partial charge in [0.1, 0.15) is 11.9 Å². The third-order valence-corrected chi connectivity index (χ3v) is 5.17. The number of nitrogens with one attached hydrogen (secondary N) is 1. The standard InChI is InChI=1S/C16H17BrN2OS/c17-12-5-3-4-11(8-12)9-13(19-18)15-10-21-16-7-2-1-6-14(16)20-15/h1-8,13,15,19H,9-10,18H2. The second kappa shape index (κ2) is 6.83. The molecule has 110 valence electrons. The number of thioether (sulfide) groups is 1. The molecule has 0 saturated heterocycles. The van der Waals surface area contributed by atoms with E-state index in [1.165, 1.54) is 10.5 Å². The molecule has 3 N–H and O–H groups in total. The Hall–Kier alpha value is -1.01. The van der Waals surface area contributed by atoms with E-state index in [2.05, 4.69) is 39.6 Å². The summed E-state index contributed by atoms with van der Waals surface area (Å²) in [6, 6.07) is 16.5. The van der Waals surface area contributed by atoms with Crippen LogP contribution < -0.4 is 16.0 Å². The van der Waals surface area contributed by atoms with Crippen LogP contribution in [-0.4, -0.2) is 17.9 Å². The quantitative estimate of drug-likeness (QED) is 0.644. The molecule has 0 saturated carbocycles. The van der Waals surface area contributed by atoms with Crippen molar-refractivity contribution in [1.29, 1.82) is 0 Å². The molecular formula is C16H17BrN2OS. The van der Waals surface area contributed by atoms with Crippen molar-refractivity contribution in [2.24, 2.45) is 5.84 Å². The summed E-state index contributed by atoms with van der Waals surface area (Å²) in [5.41, 5.74) is 4.15. The Morgan fingerprint density at radius 2 is 2.14 bits per heavy atom. The lowest BCUT2D eigenvalue weighted by Crippen LogP contribution is -2.50. The zero-order chi connectivity index (χ0) is 14.7. The van der Waals surface area contributed by atoms with Crippen molar-refractivity contribution in [1.82, 2.24) is 5.43 Å². The summed E-state index contributed by atoms with van der Waals surface area (Å²) >= 11 is 5.33. The van der Waals surface area contributed by atoms with E-state index in [0.717, 1.165) is 22.4 Å². The second-order valence-electron chi connectivity index (χ2n) is 5.02. The summed E-state index contributed by atoms with van der Waals surface area (Å²) in [6.45, 7) is 0. The molecule has 2 aromatic carbocycles. The molecular weight excluding hydrogens is 348 g/mol. The third kappa shape index (κ3) is 3.61. The summed E-state index contributed by atoms with van der Waals surface area (Å²) in [7, 11) is 0. The zero-order valence-corrected chi connectivity index (χ0v) is 13.9. The molecule has 1 aliphatic rings. The van der Waals surface area contributed by atoms with Gasteiger partial charge < -0.3 is 4.74 Å². The van der Waals surface area contributed by atoms with E-state index in [-0.39, 0.29) is 12.1 Å². The minimum absolute atomic E-state index is 0.0638. The Morgan fingerprint density at radius 3 is 2.95 bits per heavy atom. The molecule has 3 rings (SSSR count). The van der Waals surface area contributed by atoms with Gasteiger partial charge in [0, 0.05) is 15.1 Å². The maximum atomic E-state index is 6.11. The van der Waals surface area contributed by atoms with Crippen LogP contribution in [0.25, 0.3) is 0 Å². The number of para-hydroxylation sites is 1. The summed E-state index contributed by atoms with van der Waals surface area (Å²) < 4.78 is 7.20. The van der Waals surface area contributed by atoms with Gasteiger partial charge in [0.05, 0.1) is 6.04 Å². The van der Waals surface area contributed by atoms with Crippen molar-refractivity contribution >= 4 is 27.7 Å². The maximum absolute atomic E-state index is 6.11. The van der Waals surface area contributed by atoms with Crippen LogP contribution in [0.1, 0.15) is 5.56 Å². The minimum atomic E-state index is 0.0638. The molecule has 2 atom stereocenters. The third-order valence-electron chi connectivity index (χ3n) is 3.54. The number of halogens is 1. The van der Waals surface area contributed by atoms with Gasteiger partial charge in [0.15, 0.2) is 0 Å². The number of hydrazine groups is 1. The first-order chi connectivity index (χ1) is 10.3. The molecule has 0 amide bonds. The van der Waals surface area contributed by atoms with Crippen LogP contribution in [0.3, 0.4) is 0 Å². The highest BCUT2D eigenvalue weighted by atomic mass is 79.9. The number of nitrogens with two attached hydrogens (primary N) is 1. The summed E-state index contributed by atoms with van der Waals surface area (Å²) in [5, 5.41) is 0. The first kappa shape index (κ1) is 14.9. The molecule has 5 heteroatoms. The molecule has 0 spiro atoms. The van der Waals surface area contributed by atoms with Crippen LogP contribution in [0, 0.1) is 0 Å². The van der Waals surface area contributed by atoms with Gasteiger partial charge in [-0.3, -0.25) is 11.3 Å². The van der Waals surface area contributed by atoms with Crippen LogP contribution in [0.15, 0.2) is 57.9 Å². The van der Waals surface area contributed by atoms with Gasteiger partial charge in [-0.05, 0) is 36.2 Å². The fourth-order valence-electron chi connectivity index (χ4n) is 2.45. The van der Waals surface area contributed by atoms with E-state index in [9.17, 15) is 0 Å². The molecule has 0 radical (unpaired) electrons. The first-order valence-electron chi connectivity index (χ1n) is 6.85. The van der Waals surface area contributed by atoms with E-state index < -0.39 is 0 Å². The van der Waals surface area contributed by atoms with E-state index in [4.69, 9.17) is 10.6 Å². The van der Waals surface area contributed by atoms with Crippen LogP contribution >= 0.6 is 27.7 Å². The van der Waals surface area contributed by atoms with E-state index in [0.29, 0.717) is 0 Å². The van der Waals surface area contributed by atoms with E-state index in [1.807, 2.05) is 42.1 Å². The number of hydrogen-bond donors (Lipinski definition) is 2. The van der Waals surface area contributed by atoms with Crippen molar-refractivity contribution in [3.63, 3.8) is 0 Å². The molecule has 2 unspecified atom stereocenters. The van der Waals surface area contributed by atoms with E-state index in [1.54, 1.807) is 0 Å². The molecule has 0 aromatic heterocycles. The molecule has 0 fully saturated rings. The molecule has 0 aliphatic carbocycles. The number of fused-ring (bicyclic) bond motifs is 1. The summed E-state index contributed by atoms with van der Waals surface area (Å²) in [5.74, 6) is 7.61. The number of benzene rings is 2. The fourth-order valence-corrected chi connectivity index (χ4v) is 3.97. The summed E-state index contributed by atoms with van der Waals surface area (Å²) in [6.07, 6.45) is 0.900. The Morgan fingerprint density at radius 1 is 1.29 bits per heavy atom. The lowest BCUT2D eigenvalue weighted by Gasteiger charge is -2.31. The highest BCUT2D eigenvalue weighted by molar-refractivity contribution is 9.10. The van der Waals surface area contributed by atoms with Crippen molar-refractivity contribution in [2.45, 2.75) is 23.5 Å². The highest BCUT2D eigenvalue weighted by Gasteiger charge is 2.27. The average Bonchev–Trinajstić information content (AvgIpc) is 2.52. The van der Waals surface area contributed by atoms with Crippen LogP contribution in [0.2, 0.25) is 0 Å². The zero-order valence-electron chi connectivity index (χ0n) is 11.5. The lowest BCUT2D eigenvalue weighted by molar-refractivity contribution is 0.165. The Balaban J connectivity index is 1.73. The summed E-state index contributed by atoms with van der Waals surface area (Å²) in [4.78, 5) is 1.20. The van der Waals surface area contributed by atoms with Crippen molar-refractivity contribution in [2.75, 3.05) is 5.75 Å². The number of hydrogen-bond acceptors (Lipinski definition) is 4. The maximum Gasteiger partial charge on any atom is 0.133 e. The minimum Gasteiger partial charge on any atom is -0.487 e. The van der Waals surface area contributed by atoms with Gasteiger partial charge in [-0.25, -0.2) is 0 Å². The van der Waals surface area contributed by atoms with Crippen LogP contribution in [0.5, 0.6) is 5.75 Å². The van der Waals surface area contributed by atoms with Crippen molar-refractivity contribution in [3.8, 4) is 5.75 Å². The smallest absolute Gasteiger partial charge is 0.133 e. The second-order valence-corrected chi connectivity index (χ2v) is 7.00. The van der Waals surface area contributed by atoms with Crippen molar-refractivity contribution in [3.05, 3.63) is 58.6 Å². The number of ether oxygens (including phenoxy) is 1. The fraction of sp³-hybridized carbons (Fsp3) is 0.250. The Bertz CT molecular complexity index is 623. The molecule has 0 bridgehead atoms. The monoisotopic (exact) mass is 364 g/mol. The predicted octanol–water partition coefficient (Wildman–Crippen LogP) is 3.38. The first-order valence-corrected chi connectivity index (χ1v) is 8.63.